The zero-order valence-corrected chi connectivity index (χ0v) is 22.1. The number of nitrogens with zero attached hydrogens (tertiary/aromatic N) is 4. The van der Waals surface area contributed by atoms with Crippen LogP contribution >= 0.6 is 46.4 Å². The van der Waals surface area contributed by atoms with Crippen LogP contribution in [-0.4, -0.2) is 59.7 Å². The molecule has 0 radical (unpaired) electrons. The second-order valence-electron chi connectivity index (χ2n) is 7.48. The van der Waals surface area contributed by atoms with Crippen LogP contribution in [0, 0.1) is 0 Å². The predicted octanol–water partition coefficient (Wildman–Crippen LogP) is 5.64. The minimum absolute atomic E-state index is 0.0427. The lowest BCUT2D eigenvalue weighted by Gasteiger charge is -2.19. The molecule has 2 aliphatic heterocycles. The molecule has 0 unspecified atom stereocenters. The average Bonchev–Trinajstić information content (AvgIpc) is 3.47. The molecule has 2 heterocycles. The lowest BCUT2D eigenvalue weighted by atomic mass is 10.3. The number of aliphatic imine (C=N–C) groups is 2. The molecule has 0 atom stereocenters. The van der Waals surface area contributed by atoms with E-state index in [1.165, 1.54) is 6.92 Å². The van der Waals surface area contributed by atoms with Gasteiger partial charge in [0.1, 0.15) is 0 Å². The number of benzene rings is 2. The van der Waals surface area contributed by atoms with E-state index in [2.05, 4.69) is 20.6 Å². The number of guanidine groups is 2. The number of carbonyl (C=O) groups is 2. The van der Waals surface area contributed by atoms with E-state index >= 15 is 0 Å². The van der Waals surface area contributed by atoms with Gasteiger partial charge in [0.2, 0.25) is 23.7 Å². The van der Waals surface area contributed by atoms with E-state index in [9.17, 15) is 9.59 Å². The molecule has 8 nitrogen and oxygen atoms in total. The third-order valence-electron chi connectivity index (χ3n) is 5.02. The second-order valence-corrected chi connectivity index (χ2v) is 9.17. The summed E-state index contributed by atoms with van der Waals surface area (Å²) in [7, 11) is 0. The lowest BCUT2D eigenvalue weighted by molar-refractivity contribution is -0.126. The molecule has 0 aliphatic carbocycles. The van der Waals surface area contributed by atoms with E-state index in [-0.39, 0.29) is 11.8 Å². The van der Waals surface area contributed by atoms with Crippen molar-refractivity contribution in [1.29, 1.82) is 0 Å². The van der Waals surface area contributed by atoms with E-state index in [4.69, 9.17) is 46.4 Å². The Morgan fingerprint density at radius 3 is 1.71 bits per heavy atom. The van der Waals surface area contributed by atoms with Gasteiger partial charge in [-0.15, -0.1) is 0 Å². The van der Waals surface area contributed by atoms with Gasteiger partial charge in [-0.25, -0.2) is 0 Å². The van der Waals surface area contributed by atoms with Crippen molar-refractivity contribution < 1.29 is 9.59 Å². The summed E-state index contributed by atoms with van der Waals surface area (Å²) in [5.41, 5.74) is 1.37. The number of anilines is 2. The SMILES string of the molecule is CC(=O)N1CCN=C1Nc1ccc(Cl)cc1Cl.CCC(=O)N1CCN=C1Nc1ccc(Cl)cc1Cl. The quantitative estimate of drug-likeness (QED) is 0.511. The summed E-state index contributed by atoms with van der Waals surface area (Å²) >= 11 is 23.7. The zero-order valence-electron chi connectivity index (χ0n) is 19.1. The Balaban J connectivity index is 0.000000196. The lowest BCUT2D eigenvalue weighted by Crippen LogP contribution is -2.37. The average molecular weight is 558 g/mol. The Bertz CT molecular complexity index is 1170. The summed E-state index contributed by atoms with van der Waals surface area (Å²) in [5, 5.41) is 8.23. The van der Waals surface area contributed by atoms with Crippen molar-refractivity contribution >= 4 is 81.5 Å². The Hall–Kier alpha value is -2.52. The maximum absolute atomic E-state index is 11.7. The van der Waals surface area contributed by atoms with Crippen LogP contribution in [0.2, 0.25) is 20.1 Å². The van der Waals surface area contributed by atoms with Gasteiger partial charge in [-0.2, -0.15) is 0 Å². The minimum Gasteiger partial charge on any atom is -0.325 e. The predicted molar refractivity (Wildman–Crippen MR) is 144 cm³/mol. The van der Waals surface area contributed by atoms with E-state index < -0.39 is 0 Å². The highest BCUT2D eigenvalue weighted by atomic mass is 35.5. The van der Waals surface area contributed by atoms with Gasteiger partial charge in [0, 0.05) is 36.5 Å². The molecular formula is C23H24Cl4N6O2. The van der Waals surface area contributed by atoms with Crippen LogP contribution in [0.25, 0.3) is 0 Å². The molecule has 186 valence electrons. The number of nitrogens with one attached hydrogen (secondary N) is 2. The number of amides is 2. The fourth-order valence-corrected chi connectivity index (χ4v) is 4.18. The van der Waals surface area contributed by atoms with Crippen LogP contribution in [0.3, 0.4) is 0 Å². The van der Waals surface area contributed by atoms with Crippen molar-refractivity contribution in [3.8, 4) is 0 Å². The Kier molecular flexibility index (Phi) is 9.63. The van der Waals surface area contributed by atoms with Crippen LogP contribution in [0.5, 0.6) is 0 Å². The molecule has 4 rings (SSSR count). The van der Waals surface area contributed by atoms with Gasteiger partial charge in [-0.1, -0.05) is 53.3 Å². The molecule has 0 saturated heterocycles. The molecule has 2 aliphatic rings. The third kappa shape index (κ3) is 7.24. The molecule has 0 spiro atoms. The summed E-state index contributed by atoms with van der Waals surface area (Å²) in [5.74, 6) is 1.08. The molecule has 0 bridgehead atoms. The standard InChI is InChI=1S/C12H13Cl2N3O.C11H11Cl2N3O/c1-2-11(18)17-6-5-15-12(17)16-10-4-3-8(13)7-9(10)14;1-7(17)16-5-4-14-11(16)15-10-3-2-8(12)6-9(10)13/h3-4,7H,2,5-6H2,1H3,(H,15,16);2-3,6H,4-5H2,1H3,(H,14,15). The van der Waals surface area contributed by atoms with Crippen LogP contribution in [0.15, 0.2) is 46.4 Å². The Morgan fingerprint density at radius 1 is 0.829 bits per heavy atom. The first kappa shape index (κ1) is 27.1. The molecule has 0 aromatic heterocycles. The van der Waals surface area contributed by atoms with E-state index in [0.29, 0.717) is 76.0 Å². The molecular weight excluding hydrogens is 534 g/mol. The van der Waals surface area contributed by atoms with Crippen molar-refractivity contribution in [3.05, 3.63) is 56.5 Å². The highest BCUT2D eigenvalue weighted by molar-refractivity contribution is 6.37. The van der Waals surface area contributed by atoms with Crippen LogP contribution in [-0.2, 0) is 9.59 Å². The number of halogens is 4. The summed E-state index contributed by atoms with van der Waals surface area (Å²) < 4.78 is 0. The molecule has 2 aromatic carbocycles. The fraction of sp³-hybridized carbons (Fsp3) is 0.304. The van der Waals surface area contributed by atoms with Crippen LogP contribution in [0.4, 0.5) is 11.4 Å². The van der Waals surface area contributed by atoms with Crippen molar-refractivity contribution in [2.24, 2.45) is 9.98 Å². The van der Waals surface area contributed by atoms with Gasteiger partial charge >= 0.3 is 0 Å². The molecule has 35 heavy (non-hydrogen) atoms. The fourth-order valence-electron chi connectivity index (χ4n) is 3.27. The number of rotatable bonds is 3. The van der Waals surface area contributed by atoms with E-state index in [1.54, 1.807) is 46.2 Å². The summed E-state index contributed by atoms with van der Waals surface area (Å²) in [6, 6.07) is 10.3. The Morgan fingerprint density at radius 2 is 1.29 bits per heavy atom. The topological polar surface area (TPSA) is 89.4 Å². The zero-order chi connectivity index (χ0) is 25.5. The smallest absolute Gasteiger partial charge is 0.229 e. The van der Waals surface area contributed by atoms with Gasteiger partial charge in [-0.3, -0.25) is 29.4 Å². The van der Waals surface area contributed by atoms with E-state index in [0.717, 1.165) is 0 Å². The normalized spacial score (nSPS) is 14.7. The molecule has 2 N–H and O–H groups in total. The molecule has 2 amide bonds. The maximum atomic E-state index is 11.7. The number of carbonyl (C=O) groups excluding carboxylic acids is 2. The van der Waals surface area contributed by atoms with Crippen molar-refractivity contribution in [3.63, 3.8) is 0 Å². The Labute approximate surface area is 223 Å². The monoisotopic (exact) mass is 556 g/mol. The highest BCUT2D eigenvalue weighted by Gasteiger charge is 2.23. The van der Waals surface area contributed by atoms with Gasteiger partial charge in [0.15, 0.2) is 0 Å². The molecule has 2 aromatic rings. The minimum atomic E-state index is -0.0427. The first-order valence-electron chi connectivity index (χ1n) is 10.8. The van der Waals surface area contributed by atoms with Gasteiger partial charge < -0.3 is 10.6 Å². The second kappa shape index (κ2) is 12.4. The summed E-state index contributed by atoms with van der Waals surface area (Å²) in [6.45, 7) is 5.76. The largest absolute Gasteiger partial charge is 0.325 e. The molecule has 12 heteroatoms. The molecule has 0 saturated carbocycles. The first-order valence-corrected chi connectivity index (χ1v) is 12.3. The van der Waals surface area contributed by atoms with Gasteiger partial charge in [0.05, 0.1) is 34.5 Å². The maximum Gasteiger partial charge on any atom is 0.229 e. The first-order chi connectivity index (χ1) is 16.7. The summed E-state index contributed by atoms with van der Waals surface area (Å²) in [4.78, 5) is 34.7. The van der Waals surface area contributed by atoms with Crippen molar-refractivity contribution in [2.45, 2.75) is 20.3 Å². The van der Waals surface area contributed by atoms with E-state index in [1.807, 2.05) is 6.92 Å². The van der Waals surface area contributed by atoms with Crippen LogP contribution < -0.4 is 10.6 Å². The van der Waals surface area contributed by atoms with Crippen LogP contribution in [0.1, 0.15) is 20.3 Å². The van der Waals surface area contributed by atoms with Crippen molar-refractivity contribution in [2.75, 3.05) is 36.8 Å². The molecule has 0 fully saturated rings. The third-order valence-corrected chi connectivity index (χ3v) is 6.12. The van der Waals surface area contributed by atoms with Crippen molar-refractivity contribution in [1.82, 2.24) is 9.80 Å². The van der Waals surface area contributed by atoms with Gasteiger partial charge in [0.25, 0.3) is 0 Å². The number of hydrogen-bond donors (Lipinski definition) is 2. The number of hydrogen-bond acceptors (Lipinski definition) is 6. The summed E-state index contributed by atoms with van der Waals surface area (Å²) in [6.07, 6.45) is 0.453. The highest BCUT2D eigenvalue weighted by Crippen LogP contribution is 2.27. The van der Waals surface area contributed by atoms with Gasteiger partial charge in [-0.05, 0) is 36.4 Å².